The van der Waals surface area contributed by atoms with Crippen molar-refractivity contribution in [3.8, 4) is 5.69 Å². The van der Waals surface area contributed by atoms with Crippen LogP contribution < -0.4 is 9.80 Å². The van der Waals surface area contributed by atoms with Crippen LogP contribution in [-0.4, -0.2) is 68.5 Å². The topological polar surface area (TPSA) is 102 Å². The molecule has 11 heteroatoms. The van der Waals surface area contributed by atoms with Gasteiger partial charge in [0.25, 0.3) is 0 Å². The molecule has 1 fully saturated rings. The highest BCUT2D eigenvalue weighted by Gasteiger charge is 2.25. The van der Waals surface area contributed by atoms with Crippen molar-refractivity contribution in [3.05, 3.63) is 59.9 Å². The zero-order valence-electron chi connectivity index (χ0n) is 17.9. The van der Waals surface area contributed by atoms with E-state index in [1.54, 1.807) is 24.1 Å². The molecular formula is C22H21ClN8O2. The monoisotopic (exact) mass is 464 g/mol. The lowest BCUT2D eigenvalue weighted by Gasteiger charge is -2.36. The van der Waals surface area contributed by atoms with Crippen LogP contribution in [0.2, 0.25) is 5.02 Å². The summed E-state index contributed by atoms with van der Waals surface area (Å²) in [4.78, 5) is 33.9. The number of fused-ring (bicyclic) bond motifs is 1. The predicted octanol–water partition coefficient (Wildman–Crippen LogP) is 2.76. The van der Waals surface area contributed by atoms with Crippen molar-refractivity contribution in [2.45, 2.75) is 6.92 Å². The van der Waals surface area contributed by atoms with Crippen molar-refractivity contribution in [1.82, 2.24) is 29.7 Å². The van der Waals surface area contributed by atoms with Gasteiger partial charge in [0.1, 0.15) is 29.9 Å². The molecule has 1 aliphatic rings. The van der Waals surface area contributed by atoms with Gasteiger partial charge in [0.2, 0.25) is 0 Å². The van der Waals surface area contributed by atoms with Gasteiger partial charge in [0.15, 0.2) is 5.65 Å². The lowest BCUT2D eigenvalue weighted by atomic mass is 10.2. The van der Waals surface area contributed by atoms with E-state index in [1.165, 1.54) is 12.5 Å². The molecule has 33 heavy (non-hydrogen) atoms. The molecule has 0 N–H and O–H groups in total. The average molecular weight is 465 g/mol. The van der Waals surface area contributed by atoms with Crippen molar-refractivity contribution < 1.29 is 9.53 Å². The van der Waals surface area contributed by atoms with Gasteiger partial charge in [-0.1, -0.05) is 17.7 Å². The van der Waals surface area contributed by atoms with Crippen LogP contribution >= 0.6 is 11.6 Å². The van der Waals surface area contributed by atoms with E-state index in [0.717, 1.165) is 16.9 Å². The maximum atomic E-state index is 12.3. The maximum absolute atomic E-state index is 12.3. The number of rotatable bonds is 5. The van der Waals surface area contributed by atoms with Gasteiger partial charge in [-0.2, -0.15) is 5.10 Å². The van der Waals surface area contributed by atoms with Crippen LogP contribution in [0.15, 0.2) is 49.3 Å². The number of hydrogen-bond donors (Lipinski definition) is 0. The smallest absolute Gasteiger partial charge is 0.343 e. The minimum Gasteiger partial charge on any atom is -0.462 e. The molecule has 0 bridgehead atoms. The van der Waals surface area contributed by atoms with Crippen LogP contribution in [0.5, 0.6) is 0 Å². The highest BCUT2D eigenvalue weighted by Crippen LogP contribution is 2.27. The molecule has 5 rings (SSSR count). The fraction of sp³-hybridized carbons (Fsp3) is 0.273. The van der Waals surface area contributed by atoms with Gasteiger partial charge >= 0.3 is 5.97 Å². The number of carbonyl (C=O) groups is 1. The number of anilines is 2. The molecule has 1 aromatic carbocycles. The lowest BCUT2D eigenvalue weighted by Crippen LogP contribution is -2.47. The Kier molecular flexibility index (Phi) is 5.74. The zero-order valence-corrected chi connectivity index (χ0v) is 18.7. The van der Waals surface area contributed by atoms with Crippen LogP contribution in [0.25, 0.3) is 16.7 Å². The molecule has 168 valence electrons. The third kappa shape index (κ3) is 4.05. The largest absolute Gasteiger partial charge is 0.462 e. The summed E-state index contributed by atoms with van der Waals surface area (Å²) < 4.78 is 6.91. The third-order valence-corrected chi connectivity index (χ3v) is 5.70. The normalized spacial score (nSPS) is 14.0. The Morgan fingerprint density at radius 1 is 1.03 bits per heavy atom. The van der Waals surface area contributed by atoms with Crippen molar-refractivity contribution in [1.29, 1.82) is 0 Å². The number of carbonyl (C=O) groups excluding carboxylic acids is 1. The molecule has 0 unspecified atom stereocenters. The number of esters is 1. The summed E-state index contributed by atoms with van der Waals surface area (Å²) >= 11 is 6.15. The van der Waals surface area contributed by atoms with E-state index in [2.05, 4.69) is 34.8 Å². The molecule has 1 saturated heterocycles. The van der Waals surface area contributed by atoms with Gasteiger partial charge < -0.3 is 14.5 Å². The fourth-order valence-electron chi connectivity index (χ4n) is 3.94. The van der Waals surface area contributed by atoms with Crippen molar-refractivity contribution in [2.24, 2.45) is 0 Å². The van der Waals surface area contributed by atoms with Gasteiger partial charge in [-0.15, -0.1) is 0 Å². The van der Waals surface area contributed by atoms with Crippen molar-refractivity contribution in [2.75, 3.05) is 42.6 Å². The van der Waals surface area contributed by atoms with E-state index in [9.17, 15) is 4.79 Å². The molecule has 0 amide bonds. The van der Waals surface area contributed by atoms with Crippen LogP contribution in [-0.2, 0) is 4.74 Å². The molecule has 0 saturated carbocycles. The van der Waals surface area contributed by atoms with E-state index in [-0.39, 0.29) is 0 Å². The molecule has 1 aliphatic heterocycles. The quantitative estimate of drug-likeness (QED) is 0.412. The van der Waals surface area contributed by atoms with E-state index in [1.807, 2.05) is 24.3 Å². The van der Waals surface area contributed by atoms with Crippen LogP contribution in [0.3, 0.4) is 0 Å². The number of nitrogens with zero attached hydrogens (tertiary/aromatic N) is 8. The van der Waals surface area contributed by atoms with Gasteiger partial charge in [-0.05, 0) is 25.1 Å². The first-order valence-corrected chi connectivity index (χ1v) is 10.9. The number of halogens is 1. The van der Waals surface area contributed by atoms with E-state index in [0.29, 0.717) is 54.8 Å². The molecule has 4 heterocycles. The van der Waals surface area contributed by atoms with Crippen LogP contribution in [0.4, 0.5) is 11.6 Å². The summed E-state index contributed by atoms with van der Waals surface area (Å²) in [6.45, 7) is 4.79. The second-order valence-electron chi connectivity index (χ2n) is 7.43. The Bertz CT molecular complexity index is 1300. The number of ether oxygens (including phenoxy) is 1. The SMILES string of the molecule is CCOC(=O)c1cncnc1N1CCN(c2ncnc3c2cnn3-c2cccc(Cl)c2)CC1. The Morgan fingerprint density at radius 2 is 1.79 bits per heavy atom. The molecule has 10 nitrogen and oxygen atoms in total. The summed E-state index contributed by atoms with van der Waals surface area (Å²) in [5.74, 6) is 0.993. The number of aromatic nitrogens is 6. The second kappa shape index (κ2) is 8.99. The Labute approximate surface area is 194 Å². The van der Waals surface area contributed by atoms with Crippen LogP contribution in [0, 0.1) is 0 Å². The zero-order chi connectivity index (χ0) is 22.8. The van der Waals surface area contributed by atoms with E-state index in [4.69, 9.17) is 16.3 Å². The molecule has 0 atom stereocenters. The fourth-order valence-corrected chi connectivity index (χ4v) is 4.12. The molecule has 0 aliphatic carbocycles. The molecule has 4 aromatic rings. The summed E-state index contributed by atoms with van der Waals surface area (Å²) in [6, 6.07) is 7.48. The van der Waals surface area contributed by atoms with Gasteiger partial charge in [0, 0.05) is 37.4 Å². The summed E-state index contributed by atoms with van der Waals surface area (Å²) in [7, 11) is 0. The number of benzene rings is 1. The first-order chi connectivity index (χ1) is 16.2. The molecule has 0 spiro atoms. The molecule has 3 aromatic heterocycles. The Morgan fingerprint density at radius 3 is 2.55 bits per heavy atom. The Hall–Kier alpha value is -3.79. The standard InChI is InChI=1S/C22H21ClN8O2/c1-2-33-22(32)18-11-24-13-25-20(18)30-8-6-29(7-9-30)19-17-12-28-31(21(17)27-14-26-19)16-5-3-4-15(23)10-16/h3-5,10-14H,2,6-9H2,1H3. The molecular weight excluding hydrogens is 444 g/mol. The van der Waals surface area contributed by atoms with Crippen LogP contribution in [0.1, 0.15) is 17.3 Å². The van der Waals surface area contributed by atoms with E-state index >= 15 is 0 Å². The summed E-state index contributed by atoms with van der Waals surface area (Å²) in [5, 5.41) is 6.02. The van der Waals surface area contributed by atoms with Gasteiger partial charge in [-0.25, -0.2) is 29.4 Å². The predicted molar refractivity (Wildman–Crippen MR) is 124 cm³/mol. The number of hydrogen-bond acceptors (Lipinski definition) is 9. The minimum atomic E-state index is -0.415. The average Bonchev–Trinajstić information content (AvgIpc) is 3.29. The van der Waals surface area contributed by atoms with Gasteiger partial charge in [0.05, 0.1) is 23.9 Å². The van der Waals surface area contributed by atoms with E-state index < -0.39 is 5.97 Å². The summed E-state index contributed by atoms with van der Waals surface area (Å²) in [5.41, 5.74) is 1.92. The minimum absolute atomic E-state index is 0.299. The van der Waals surface area contributed by atoms with Gasteiger partial charge in [-0.3, -0.25) is 0 Å². The lowest BCUT2D eigenvalue weighted by molar-refractivity contribution is 0.0526. The first kappa shape index (κ1) is 21.1. The molecule has 0 radical (unpaired) electrons. The Balaban J connectivity index is 1.38. The van der Waals surface area contributed by atoms with Crippen molar-refractivity contribution >= 4 is 40.2 Å². The maximum Gasteiger partial charge on any atom is 0.343 e. The number of piperazine rings is 1. The highest BCUT2D eigenvalue weighted by molar-refractivity contribution is 6.30. The second-order valence-corrected chi connectivity index (χ2v) is 7.86. The van der Waals surface area contributed by atoms with Crippen molar-refractivity contribution in [3.63, 3.8) is 0 Å². The highest BCUT2D eigenvalue weighted by atomic mass is 35.5. The third-order valence-electron chi connectivity index (χ3n) is 5.46. The first-order valence-electron chi connectivity index (χ1n) is 10.6. The summed E-state index contributed by atoms with van der Waals surface area (Å²) in [6.07, 6.45) is 6.28.